The lowest BCUT2D eigenvalue weighted by Gasteiger charge is -2.30. The second-order valence-electron chi connectivity index (χ2n) is 9.72. The van der Waals surface area contributed by atoms with Gasteiger partial charge in [-0.2, -0.15) is 10.2 Å². The van der Waals surface area contributed by atoms with Gasteiger partial charge in [0.2, 0.25) is 5.95 Å². The Balaban J connectivity index is 1.28. The zero-order valence-electron chi connectivity index (χ0n) is 20.8. The van der Waals surface area contributed by atoms with Gasteiger partial charge in [0, 0.05) is 45.1 Å². The van der Waals surface area contributed by atoms with Crippen LogP contribution in [0.4, 0.5) is 11.8 Å². The number of nitrogens with one attached hydrogen (secondary N) is 1. The highest BCUT2D eigenvalue weighted by Gasteiger charge is 2.33. The Bertz CT molecular complexity index is 1350. The van der Waals surface area contributed by atoms with Crippen molar-refractivity contribution in [3.8, 4) is 6.07 Å². The van der Waals surface area contributed by atoms with Crippen LogP contribution in [0.2, 0.25) is 0 Å². The van der Waals surface area contributed by atoms with Gasteiger partial charge in [-0.15, -0.1) is 0 Å². The normalized spacial score (nSPS) is 18.6. The van der Waals surface area contributed by atoms with Crippen LogP contribution in [0.5, 0.6) is 0 Å². The van der Waals surface area contributed by atoms with E-state index in [1.807, 2.05) is 50.3 Å². The first-order valence-corrected chi connectivity index (χ1v) is 12.0. The van der Waals surface area contributed by atoms with E-state index in [2.05, 4.69) is 37.3 Å². The van der Waals surface area contributed by atoms with Crippen LogP contribution in [0.1, 0.15) is 45.2 Å². The molecule has 1 amide bonds. The first kappa shape index (κ1) is 23.7. The third-order valence-corrected chi connectivity index (χ3v) is 6.80. The van der Waals surface area contributed by atoms with Crippen molar-refractivity contribution in [2.75, 3.05) is 37.0 Å². The Hall–Kier alpha value is -4.03. The number of pyridine rings is 1. The fraction of sp³-hybridized carbons (Fsp3) is 0.370. The SMILES string of the molecule is CN(C)c1nccc(N2CCc3cnc(CNC(=O)c4ccc5c(c4)[C@](C)(C#N)COC5)cc3C2)n1. The van der Waals surface area contributed by atoms with Crippen molar-refractivity contribution < 1.29 is 9.53 Å². The Labute approximate surface area is 210 Å². The van der Waals surface area contributed by atoms with Crippen LogP contribution in [0.15, 0.2) is 42.7 Å². The molecular weight excluding hydrogens is 454 g/mol. The molecule has 0 fully saturated rings. The summed E-state index contributed by atoms with van der Waals surface area (Å²) in [7, 11) is 3.86. The minimum absolute atomic E-state index is 0.192. The first-order valence-electron chi connectivity index (χ1n) is 12.0. The zero-order chi connectivity index (χ0) is 25.3. The number of nitriles is 1. The van der Waals surface area contributed by atoms with Gasteiger partial charge in [0.1, 0.15) is 11.2 Å². The van der Waals surface area contributed by atoms with Gasteiger partial charge in [0.05, 0.1) is 31.5 Å². The van der Waals surface area contributed by atoms with E-state index in [1.54, 1.807) is 12.3 Å². The molecule has 36 heavy (non-hydrogen) atoms. The van der Waals surface area contributed by atoms with Crippen LogP contribution in [-0.2, 0) is 36.3 Å². The number of carbonyl (C=O) groups excluding carboxylic acids is 1. The van der Waals surface area contributed by atoms with Crippen molar-refractivity contribution in [2.24, 2.45) is 0 Å². The molecule has 2 aromatic heterocycles. The largest absolute Gasteiger partial charge is 0.375 e. The summed E-state index contributed by atoms with van der Waals surface area (Å²) < 4.78 is 5.56. The maximum atomic E-state index is 12.9. The summed E-state index contributed by atoms with van der Waals surface area (Å²) in [5.41, 5.74) is 4.78. The van der Waals surface area contributed by atoms with Gasteiger partial charge in [-0.05, 0) is 59.9 Å². The monoisotopic (exact) mass is 483 g/mol. The van der Waals surface area contributed by atoms with Gasteiger partial charge < -0.3 is 19.9 Å². The second kappa shape index (κ2) is 9.55. The number of hydrogen-bond acceptors (Lipinski definition) is 8. The fourth-order valence-corrected chi connectivity index (χ4v) is 4.68. The van der Waals surface area contributed by atoms with Crippen molar-refractivity contribution in [2.45, 2.75) is 38.5 Å². The lowest BCUT2D eigenvalue weighted by Crippen LogP contribution is -2.33. The molecule has 0 aliphatic carbocycles. The highest BCUT2D eigenvalue weighted by molar-refractivity contribution is 5.94. The van der Waals surface area contributed by atoms with Gasteiger partial charge in [0.15, 0.2) is 0 Å². The number of benzene rings is 1. The Morgan fingerprint density at radius 1 is 1.22 bits per heavy atom. The molecule has 0 radical (unpaired) electrons. The molecule has 0 bridgehead atoms. The molecule has 2 aliphatic heterocycles. The van der Waals surface area contributed by atoms with Crippen LogP contribution >= 0.6 is 0 Å². The summed E-state index contributed by atoms with van der Waals surface area (Å²) in [4.78, 5) is 30.6. The van der Waals surface area contributed by atoms with Crippen LogP contribution in [0.3, 0.4) is 0 Å². The molecule has 3 aromatic rings. The van der Waals surface area contributed by atoms with E-state index in [4.69, 9.17) is 4.74 Å². The lowest BCUT2D eigenvalue weighted by molar-refractivity contribution is 0.0757. The van der Waals surface area contributed by atoms with E-state index in [1.165, 1.54) is 11.1 Å². The number of anilines is 2. The molecule has 0 unspecified atom stereocenters. The molecule has 1 N–H and O–H groups in total. The van der Waals surface area contributed by atoms with Crippen molar-refractivity contribution in [3.05, 3.63) is 76.2 Å². The maximum absolute atomic E-state index is 12.9. The standard InChI is InChI=1S/C27H29N7O2/c1-27(16-28)17-36-15-20-5-4-18(11-23(20)27)25(35)31-13-22-10-21-14-34(9-7-19(21)12-30-22)24-6-8-29-26(32-24)33(2)3/h4-6,8,10-12H,7,9,13-15,17H2,1-3H3,(H,31,35)/t27-/m1/s1. The third-order valence-electron chi connectivity index (χ3n) is 6.80. The molecule has 0 spiro atoms. The molecule has 9 nitrogen and oxygen atoms in total. The predicted octanol–water partition coefficient (Wildman–Crippen LogP) is 2.74. The molecule has 0 saturated carbocycles. The summed E-state index contributed by atoms with van der Waals surface area (Å²) in [5.74, 6) is 1.39. The minimum Gasteiger partial charge on any atom is -0.375 e. The quantitative estimate of drug-likeness (QED) is 0.590. The zero-order valence-corrected chi connectivity index (χ0v) is 20.8. The van der Waals surface area contributed by atoms with E-state index >= 15 is 0 Å². The van der Waals surface area contributed by atoms with Gasteiger partial charge in [0.25, 0.3) is 5.91 Å². The minimum atomic E-state index is -0.757. The average Bonchev–Trinajstić information content (AvgIpc) is 2.91. The molecule has 184 valence electrons. The summed E-state index contributed by atoms with van der Waals surface area (Å²) >= 11 is 0. The summed E-state index contributed by atoms with van der Waals surface area (Å²) in [6.07, 6.45) is 4.58. The number of ether oxygens (including phenoxy) is 1. The smallest absolute Gasteiger partial charge is 0.251 e. The molecule has 5 rings (SSSR count). The molecule has 0 saturated heterocycles. The predicted molar refractivity (Wildman–Crippen MR) is 136 cm³/mol. The number of fused-ring (bicyclic) bond motifs is 2. The summed E-state index contributed by atoms with van der Waals surface area (Å²) in [6, 6.07) is 11.8. The van der Waals surface area contributed by atoms with Crippen molar-refractivity contribution >= 4 is 17.7 Å². The highest BCUT2D eigenvalue weighted by Crippen LogP contribution is 2.32. The van der Waals surface area contributed by atoms with Crippen LogP contribution in [0.25, 0.3) is 0 Å². The van der Waals surface area contributed by atoms with Crippen molar-refractivity contribution in [1.29, 1.82) is 5.26 Å². The summed E-state index contributed by atoms with van der Waals surface area (Å²) in [6.45, 7) is 4.52. The highest BCUT2D eigenvalue weighted by atomic mass is 16.5. The number of aromatic nitrogens is 3. The first-order chi connectivity index (χ1) is 17.4. The number of nitrogens with zero attached hydrogens (tertiary/aromatic N) is 6. The molecule has 4 heterocycles. The summed E-state index contributed by atoms with van der Waals surface area (Å²) in [5, 5.41) is 12.6. The van der Waals surface area contributed by atoms with Gasteiger partial charge in [-0.1, -0.05) is 6.07 Å². The van der Waals surface area contributed by atoms with Gasteiger partial charge in [-0.3, -0.25) is 9.78 Å². The van der Waals surface area contributed by atoms with E-state index in [-0.39, 0.29) is 5.91 Å². The van der Waals surface area contributed by atoms with Crippen LogP contribution < -0.4 is 15.1 Å². The lowest BCUT2D eigenvalue weighted by atomic mass is 9.79. The van der Waals surface area contributed by atoms with Crippen molar-refractivity contribution in [3.63, 3.8) is 0 Å². The Kier molecular flexibility index (Phi) is 6.29. The fourth-order valence-electron chi connectivity index (χ4n) is 4.68. The number of carbonyl (C=O) groups is 1. The van der Waals surface area contributed by atoms with E-state index in [9.17, 15) is 10.1 Å². The number of hydrogen-bond donors (Lipinski definition) is 1. The molecule has 2 aliphatic rings. The Morgan fingerprint density at radius 2 is 2.08 bits per heavy atom. The average molecular weight is 484 g/mol. The Morgan fingerprint density at radius 3 is 2.89 bits per heavy atom. The number of rotatable bonds is 5. The number of amides is 1. The van der Waals surface area contributed by atoms with Crippen molar-refractivity contribution in [1.82, 2.24) is 20.3 Å². The van der Waals surface area contributed by atoms with Gasteiger partial charge in [-0.25, -0.2) is 4.98 Å². The molecule has 1 aromatic carbocycles. The molecule has 9 heteroatoms. The second-order valence-corrected chi connectivity index (χ2v) is 9.72. The molecule has 1 atom stereocenters. The third kappa shape index (κ3) is 4.60. The van der Waals surface area contributed by atoms with Gasteiger partial charge >= 0.3 is 0 Å². The van der Waals surface area contributed by atoms with Crippen LogP contribution in [-0.4, -0.2) is 48.1 Å². The topological polar surface area (TPSA) is 107 Å². The van der Waals surface area contributed by atoms with E-state index in [0.717, 1.165) is 42.1 Å². The molecular formula is C27H29N7O2. The van der Waals surface area contributed by atoms with Crippen LogP contribution in [0, 0.1) is 11.3 Å². The van der Waals surface area contributed by atoms with E-state index < -0.39 is 5.41 Å². The maximum Gasteiger partial charge on any atom is 0.251 e. The van der Waals surface area contributed by atoms with E-state index in [0.29, 0.717) is 31.3 Å².